The molecule has 1 heterocycles. The Hall–Kier alpha value is -2.57. The van der Waals surface area contributed by atoms with Crippen LogP contribution in [0.3, 0.4) is 0 Å². The number of ether oxygens (including phenoxy) is 1. The van der Waals surface area contributed by atoms with Gasteiger partial charge in [-0.05, 0) is 48.7 Å². The second kappa shape index (κ2) is 9.96. The second-order valence-corrected chi connectivity index (χ2v) is 7.97. The lowest BCUT2D eigenvalue weighted by molar-refractivity contribution is -0.128. The third kappa shape index (κ3) is 5.74. The Balaban J connectivity index is 1.52. The molecule has 1 saturated heterocycles. The molecule has 2 aromatic rings. The number of nitrogens with zero attached hydrogens (tertiary/aromatic N) is 1. The van der Waals surface area contributed by atoms with Crippen molar-refractivity contribution in [1.82, 2.24) is 10.2 Å². The number of carbonyl (C=O) groups is 3. The Morgan fingerprint density at radius 2 is 1.97 bits per heavy atom. The summed E-state index contributed by atoms with van der Waals surface area (Å²) in [7, 11) is 0. The van der Waals surface area contributed by atoms with E-state index in [1.807, 2.05) is 6.07 Å². The molecule has 0 saturated carbocycles. The number of halogens is 2. The van der Waals surface area contributed by atoms with E-state index in [9.17, 15) is 14.4 Å². The molecule has 0 bridgehead atoms. The topological polar surface area (TPSA) is 75.7 Å². The molecule has 0 aliphatic carbocycles. The lowest BCUT2D eigenvalue weighted by Gasteiger charge is -2.16. The quantitative estimate of drug-likeness (QED) is 0.645. The summed E-state index contributed by atoms with van der Waals surface area (Å²) in [5, 5.41) is 3.59. The normalized spacial score (nSPS) is 14.5. The van der Waals surface area contributed by atoms with E-state index < -0.39 is 18.5 Å². The zero-order chi connectivity index (χ0) is 21.7. The molecule has 1 aliphatic rings. The zero-order valence-electron chi connectivity index (χ0n) is 16.5. The van der Waals surface area contributed by atoms with Crippen molar-refractivity contribution in [2.45, 2.75) is 32.4 Å². The van der Waals surface area contributed by atoms with Gasteiger partial charge in [-0.3, -0.25) is 9.59 Å². The maximum atomic E-state index is 12.3. The van der Waals surface area contributed by atoms with Gasteiger partial charge in [-0.25, -0.2) is 4.79 Å². The molecule has 0 spiro atoms. The number of amides is 2. The van der Waals surface area contributed by atoms with Crippen LogP contribution in [-0.4, -0.2) is 35.8 Å². The Morgan fingerprint density at radius 1 is 1.17 bits per heavy atom. The first-order valence-electron chi connectivity index (χ1n) is 9.61. The zero-order valence-corrected chi connectivity index (χ0v) is 18.0. The fourth-order valence-electron chi connectivity index (χ4n) is 3.25. The predicted octanol–water partition coefficient (Wildman–Crippen LogP) is 4.15. The Morgan fingerprint density at radius 3 is 2.67 bits per heavy atom. The molecule has 0 radical (unpaired) electrons. The van der Waals surface area contributed by atoms with Gasteiger partial charge in [0.05, 0.1) is 21.7 Å². The van der Waals surface area contributed by atoms with Gasteiger partial charge in [0.1, 0.15) is 0 Å². The van der Waals surface area contributed by atoms with Gasteiger partial charge >= 0.3 is 5.97 Å². The minimum atomic E-state index is -0.595. The molecule has 1 unspecified atom stereocenters. The van der Waals surface area contributed by atoms with Crippen LogP contribution in [0.2, 0.25) is 10.0 Å². The lowest BCUT2D eigenvalue weighted by Crippen LogP contribution is -2.31. The molecule has 2 amide bonds. The molecule has 1 N–H and O–H groups in total. The summed E-state index contributed by atoms with van der Waals surface area (Å²) in [5.41, 5.74) is 1.97. The number of hydrogen-bond acceptors (Lipinski definition) is 4. The Labute approximate surface area is 185 Å². The molecular formula is C22H22Cl2N2O4. The fourth-order valence-corrected chi connectivity index (χ4v) is 3.56. The van der Waals surface area contributed by atoms with Gasteiger partial charge in [-0.2, -0.15) is 0 Å². The van der Waals surface area contributed by atoms with Crippen LogP contribution in [0.4, 0.5) is 0 Å². The van der Waals surface area contributed by atoms with E-state index in [4.69, 9.17) is 27.9 Å². The fraction of sp³-hybridized carbons (Fsp3) is 0.318. The van der Waals surface area contributed by atoms with Crippen molar-refractivity contribution < 1.29 is 19.1 Å². The maximum absolute atomic E-state index is 12.3. The van der Waals surface area contributed by atoms with Crippen LogP contribution >= 0.6 is 23.2 Å². The molecular weight excluding hydrogens is 427 g/mol. The van der Waals surface area contributed by atoms with Crippen LogP contribution in [-0.2, 0) is 20.9 Å². The number of nitrogens with one attached hydrogen (secondary N) is 1. The monoisotopic (exact) mass is 448 g/mol. The van der Waals surface area contributed by atoms with Crippen LogP contribution in [0, 0.1) is 0 Å². The smallest absolute Gasteiger partial charge is 0.338 e. The van der Waals surface area contributed by atoms with Gasteiger partial charge in [-0.1, -0.05) is 41.4 Å². The number of benzene rings is 2. The van der Waals surface area contributed by atoms with E-state index in [0.29, 0.717) is 28.6 Å². The van der Waals surface area contributed by atoms with E-state index in [1.54, 1.807) is 48.2 Å². The minimum Gasteiger partial charge on any atom is -0.452 e. The molecule has 6 nitrogen and oxygen atoms in total. The van der Waals surface area contributed by atoms with Crippen molar-refractivity contribution >= 4 is 41.0 Å². The minimum absolute atomic E-state index is 0.121. The summed E-state index contributed by atoms with van der Waals surface area (Å²) in [6.07, 6.45) is 1.42. The van der Waals surface area contributed by atoms with E-state index in [0.717, 1.165) is 24.1 Å². The van der Waals surface area contributed by atoms with E-state index in [1.165, 1.54) is 0 Å². The van der Waals surface area contributed by atoms with E-state index in [2.05, 4.69) is 5.32 Å². The lowest BCUT2D eigenvalue weighted by atomic mass is 10.1. The highest BCUT2D eigenvalue weighted by atomic mass is 35.5. The van der Waals surface area contributed by atoms with Crippen molar-refractivity contribution in [1.29, 1.82) is 0 Å². The van der Waals surface area contributed by atoms with Crippen molar-refractivity contribution in [3.63, 3.8) is 0 Å². The maximum Gasteiger partial charge on any atom is 0.338 e. The number of likely N-dealkylation sites (tertiary alicyclic amines) is 1. The molecule has 1 atom stereocenters. The first kappa shape index (κ1) is 22.1. The summed E-state index contributed by atoms with van der Waals surface area (Å²) in [6, 6.07) is 11.7. The van der Waals surface area contributed by atoms with E-state index >= 15 is 0 Å². The van der Waals surface area contributed by atoms with Crippen LogP contribution in [0.5, 0.6) is 0 Å². The summed E-state index contributed by atoms with van der Waals surface area (Å²) in [4.78, 5) is 38.0. The molecule has 3 rings (SSSR count). The first-order valence-corrected chi connectivity index (χ1v) is 10.4. The summed E-state index contributed by atoms with van der Waals surface area (Å²) >= 11 is 11.9. The van der Waals surface area contributed by atoms with Gasteiger partial charge < -0.3 is 15.0 Å². The van der Waals surface area contributed by atoms with Crippen LogP contribution < -0.4 is 5.32 Å². The molecule has 158 valence electrons. The van der Waals surface area contributed by atoms with Crippen molar-refractivity contribution in [3.05, 3.63) is 69.2 Å². The van der Waals surface area contributed by atoms with Gasteiger partial charge in [0, 0.05) is 19.5 Å². The highest BCUT2D eigenvalue weighted by Gasteiger charge is 2.20. The molecule has 1 aliphatic heterocycles. The Bertz CT molecular complexity index is 964. The summed E-state index contributed by atoms with van der Waals surface area (Å²) in [6.45, 7) is 2.58. The third-order valence-corrected chi connectivity index (χ3v) is 5.60. The van der Waals surface area contributed by atoms with Gasteiger partial charge in [0.15, 0.2) is 6.61 Å². The predicted molar refractivity (Wildman–Crippen MR) is 114 cm³/mol. The average molecular weight is 449 g/mol. The molecule has 1 fully saturated rings. The number of carbonyl (C=O) groups excluding carboxylic acids is 3. The standard InChI is InChI=1S/C22H22Cl2N2O4/c1-14(16-7-8-18(23)19(24)11-16)25-20(27)13-30-22(29)17-5-2-4-15(10-17)12-26-9-3-6-21(26)28/h2,4-5,7-8,10-11,14H,3,6,9,12-13H2,1H3,(H,25,27). The van der Waals surface area contributed by atoms with Crippen LogP contribution in [0.1, 0.15) is 47.3 Å². The Kier molecular flexibility index (Phi) is 7.34. The summed E-state index contributed by atoms with van der Waals surface area (Å²) < 4.78 is 5.14. The number of hydrogen-bond donors (Lipinski definition) is 1. The van der Waals surface area contributed by atoms with Crippen molar-refractivity contribution in [3.8, 4) is 0 Å². The van der Waals surface area contributed by atoms with Gasteiger partial charge in [0.25, 0.3) is 5.91 Å². The second-order valence-electron chi connectivity index (χ2n) is 7.16. The SMILES string of the molecule is CC(NC(=O)COC(=O)c1cccc(CN2CCCC2=O)c1)c1ccc(Cl)c(Cl)c1. The van der Waals surface area contributed by atoms with Gasteiger partial charge in [-0.15, -0.1) is 0 Å². The third-order valence-electron chi connectivity index (χ3n) is 4.86. The van der Waals surface area contributed by atoms with Crippen molar-refractivity contribution in [2.75, 3.05) is 13.2 Å². The molecule has 2 aromatic carbocycles. The van der Waals surface area contributed by atoms with Crippen LogP contribution in [0.15, 0.2) is 42.5 Å². The molecule has 0 aromatic heterocycles. The highest BCUT2D eigenvalue weighted by molar-refractivity contribution is 6.42. The van der Waals surface area contributed by atoms with E-state index in [-0.39, 0.29) is 11.9 Å². The summed E-state index contributed by atoms with van der Waals surface area (Å²) in [5.74, 6) is -0.904. The number of rotatable bonds is 7. The largest absolute Gasteiger partial charge is 0.452 e. The average Bonchev–Trinajstić information content (AvgIpc) is 3.12. The molecule has 8 heteroatoms. The van der Waals surface area contributed by atoms with Crippen molar-refractivity contribution in [2.24, 2.45) is 0 Å². The highest BCUT2D eigenvalue weighted by Crippen LogP contribution is 2.25. The number of esters is 1. The molecule has 30 heavy (non-hydrogen) atoms. The van der Waals surface area contributed by atoms with Crippen LogP contribution in [0.25, 0.3) is 0 Å². The van der Waals surface area contributed by atoms with Gasteiger partial charge in [0.2, 0.25) is 5.91 Å². The first-order chi connectivity index (χ1) is 14.3.